The summed E-state index contributed by atoms with van der Waals surface area (Å²) in [5.74, 6) is -0.524. The molecule has 0 bridgehead atoms. The molecule has 0 saturated carbocycles. The van der Waals surface area contributed by atoms with E-state index < -0.39 is 97.5 Å². The Hall–Kier alpha value is -1.94. The van der Waals surface area contributed by atoms with Gasteiger partial charge in [-0.2, -0.15) is 0 Å². The molecule has 0 aliphatic carbocycles. The zero-order valence-electron chi connectivity index (χ0n) is 59.9. The molecular formula is C73H142O17P2. The Morgan fingerprint density at radius 1 is 0.315 bits per heavy atom. The number of ether oxygens (including phenoxy) is 4. The van der Waals surface area contributed by atoms with Crippen molar-refractivity contribution in [1.82, 2.24) is 0 Å². The number of aliphatic hydroxyl groups excluding tert-OH is 1. The minimum Gasteiger partial charge on any atom is -0.462 e. The van der Waals surface area contributed by atoms with E-state index in [0.29, 0.717) is 25.7 Å². The van der Waals surface area contributed by atoms with Crippen LogP contribution in [0.4, 0.5) is 0 Å². The average Bonchev–Trinajstić information content (AvgIpc) is 2.33. The number of rotatable bonds is 72. The molecular weight excluding hydrogens is 1210 g/mol. The first-order chi connectivity index (χ1) is 44.4. The van der Waals surface area contributed by atoms with Crippen LogP contribution in [-0.2, 0) is 65.4 Å². The van der Waals surface area contributed by atoms with E-state index in [-0.39, 0.29) is 25.7 Å². The van der Waals surface area contributed by atoms with Gasteiger partial charge in [0.25, 0.3) is 0 Å². The van der Waals surface area contributed by atoms with E-state index in [1.165, 1.54) is 186 Å². The SMILES string of the molecule is CCCCCCCCCCCCCCCCCC(=O)OC[C@H](COP(=O)(O)OC[C@@H](O)COP(=O)(O)OC[C@@H](COC(=O)CCCCCCC)OC(=O)CCCCCCCCCCCCC(C)CC)OC(=O)CCCCCCCCCCCCCCCCCC(C)C. The van der Waals surface area contributed by atoms with Crippen LogP contribution >= 0.6 is 15.6 Å². The van der Waals surface area contributed by atoms with E-state index in [1.807, 2.05) is 0 Å². The Bertz CT molecular complexity index is 1790. The summed E-state index contributed by atoms with van der Waals surface area (Å²) in [6.45, 7) is 9.54. The molecule has 546 valence electrons. The van der Waals surface area contributed by atoms with Crippen molar-refractivity contribution < 1.29 is 80.2 Å². The van der Waals surface area contributed by atoms with Crippen LogP contribution < -0.4 is 0 Å². The molecule has 6 atom stereocenters. The van der Waals surface area contributed by atoms with Crippen LogP contribution in [0.3, 0.4) is 0 Å². The van der Waals surface area contributed by atoms with Crippen LogP contribution in [0.5, 0.6) is 0 Å². The van der Waals surface area contributed by atoms with Crippen molar-refractivity contribution in [2.24, 2.45) is 11.8 Å². The van der Waals surface area contributed by atoms with Gasteiger partial charge in [-0.15, -0.1) is 0 Å². The highest BCUT2D eigenvalue weighted by Crippen LogP contribution is 2.45. The molecule has 0 fully saturated rings. The zero-order chi connectivity index (χ0) is 67.9. The minimum atomic E-state index is -4.95. The lowest BCUT2D eigenvalue weighted by atomic mass is 9.99. The molecule has 3 unspecified atom stereocenters. The van der Waals surface area contributed by atoms with Gasteiger partial charge >= 0.3 is 39.5 Å². The molecule has 0 aliphatic heterocycles. The monoisotopic (exact) mass is 1350 g/mol. The Balaban J connectivity index is 5.15. The van der Waals surface area contributed by atoms with Crippen LogP contribution in [0.2, 0.25) is 0 Å². The molecule has 0 aliphatic rings. The molecule has 17 nitrogen and oxygen atoms in total. The van der Waals surface area contributed by atoms with Crippen LogP contribution in [0, 0.1) is 11.8 Å². The molecule has 0 amide bonds. The molecule has 0 aromatic rings. The van der Waals surface area contributed by atoms with Gasteiger partial charge in [-0.25, -0.2) is 9.13 Å². The second-order valence-corrected chi connectivity index (χ2v) is 30.0. The summed E-state index contributed by atoms with van der Waals surface area (Å²) >= 11 is 0. The first kappa shape index (κ1) is 90.1. The van der Waals surface area contributed by atoms with E-state index in [9.17, 15) is 43.2 Å². The topological polar surface area (TPSA) is 237 Å². The molecule has 0 aromatic carbocycles. The van der Waals surface area contributed by atoms with Crippen molar-refractivity contribution >= 4 is 39.5 Å². The maximum absolute atomic E-state index is 13.0. The van der Waals surface area contributed by atoms with Gasteiger partial charge in [0.2, 0.25) is 0 Å². The fraction of sp³-hybridized carbons (Fsp3) is 0.945. The summed E-state index contributed by atoms with van der Waals surface area (Å²) in [5.41, 5.74) is 0. The molecule has 0 saturated heterocycles. The molecule has 0 radical (unpaired) electrons. The largest absolute Gasteiger partial charge is 0.472 e. The predicted octanol–water partition coefficient (Wildman–Crippen LogP) is 21.2. The predicted molar refractivity (Wildman–Crippen MR) is 372 cm³/mol. The number of hydrogen-bond acceptors (Lipinski definition) is 15. The van der Waals surface area contributed by atoms with Crippen LogP contribution in [-0.4, -0.2) is 96.7 Å². The second-order valence-electron chi connectivity index (χ2n) is 27.1. The van der Waals surface area contributed by atoms with Crippen molar-refractivity contribution in [3.63, 3.8) is 0 Å². The molecule has 92 heavy (non-hydrogen) atoms. The summed E-state index contributed by atoms with van der Waals surface area (Å²) in [6, 6.07) is 0. The number of phosphoric ester groups is 2. The fourth-order valence-electron chi connectivity index (χ4n) is 11.1. The quantitative estimate of drug-likeness (QED) is 0.0222. The van der Waals surface area contributed by atoms with Crippen LogP contribution in [0.15, 0.2) is 0 Å². The molecule has 0 rings (SSSR count). The van der Waals surface area contributed by atoms with Gasteiger partial charge < -0.3 is 33.8 Å². The Kier molecular flexibility index (Phi) is 63.7. The molecule has 3 N–H and O–H groups in total. The number of unbranched alkanes of at least 4 members (excludes halogenated alkanes) is 41. The third kappa shape index (κ3) is 65.4. The highest BCUT2D eigenvalue weighted by atomic mass is 31.2. The average molecular weight is 1350 g/mol. The van der Waals surface area contributed by atoms with Gasteiger partial charge in [0.1, 0.15) is 19.3 Å². The Labute approximate surface area is 562 Å². The molecule has 0 spiro atoms. The normalized spacial score (nSPS) is 14.4. The lowest BCUT2D eigenvalue weighted by Gasteiger charge is -2.21. The van der Waals surface area contributed by atoms with Crippen LogP contribution in [0.1, 0.15) is 375 Å². The van der Waals surface area contributed by atoms with Gasteiger partial charge in [-0.05, 0) is 37.5 Å². The van der Waals surface area contributed by atoms with Gasteiger partial charge in [0.05, 0.1) is 26.4 Å². The molecule has 19 heteroatoms. The van der Waals surface area contributed by atoms with Gasteiger partial charge in [0.15, 0.2) is 12.2 Å². The second kappa shape index (κ2) is 65.0. The third-order valence-corrected chi connectivity index (χ3v) is 19.2. The summed E-state index contributed by atoms with van der Waals surface area (Å²) in [6.07, 6.45) is 51.6. The van der Waals surface area contributed by atoms with Crippen LogP contribution in [0.25, 0.3) is 0 Å². The van der Waals surface area contributed by atoms with Crippen molar-refractivity contribution in [2.45, 2.75) is 394 Å². The smallest absolute Gasteiger partial charge is 0.462 e. The van der Waals surface area contributed by atoms with Crippen molar-refractivity contribution in [1.29, 1.82) is 0 Å². The number of hydrogen-bond donors (Lipinski definition) is 3. The van der Waals surface area contributed by atoms with Crippen molar-refractivity contribution in [2.75, 3.05) is 39.6 Å². The molecule has 0 heterocycles. The van der Waals surface area contributed by atoms with Gasteiger partial charge in [-0.1, -0.05) is 324 Å². The van der Waals surface area contributed by atoms with Crippen molar-refractivity contribution in [3.05, 3.63) is 0 Å². The van der Waals surface area contributed by atoms with Gasteiger partial charge in [-0.3, -0.25) is 37.3 Å². The van der Waals surface area contributed by atoms with E-state index >= 15 is 0 Å². The fourth-order valence-corrected chi connectivity index (χ4v) is 12.7. The van der Waals surface area contributed by atoms with E-state index in [1.54, 1.807) is 0 Å². The zero-order valence-corrected chi connectivity index (χ0v) is 61.6. The Morgan fingerprint density at radius 3 is 0.826 bits per heavy atom. The summed E-state index contributed by atoms with van der Waals surface area (Å²) in [4.78, 5) is 72.4. The van der Waals surface area contributed by atoms with E-state index in [2.05, 4.69) is 41.5 Å². The van der Waals surface area contributed by atoms with Crippen molar-refractivity contribution in [3.8, 4) is 0 Å². The highest BCUT2D eigenvalue weighted by Gasteiger charge is 2.30. The third-order valence-electron chi connectivity index (χ3n) is 17.3. The lowest BCUT2D eigenvalue weighted by molar-refractivity contribution is -0.161. The Morgan fingerprint density at radius 2 is 0.554 bits per heavy atom. The standard InChI is InChI=1S/C73H142O17P2/c1-7-10-12-14-15-16-17-18-20-24-27-33-38-44-50-56-71(76)84-62-69(90-73(78)57-51-45-39-34-28-25-22-19-21-23-26-31-36-42-47-53-65(4)5)64-88-92(81,82)86-60-67(74)59-85-91(79,80)87-63-68(61-83-70(75)55-49-41-13-11-8-2)89-72(77)58-52-46-40-35-30-29-32-37-43-48-54-66(6)9-3/h65-69,74H,7-64H2,1-6H3,(H,79,80)(H,81,82)/t66?,67-,68+,69+/m0/s1. The molecule has 0 aromatic heterocycles. The summed E-state index contributed by atoms with van der Waals surface area (Å²) in [5, 5.41) is 10.6. The number of esters is 4. The lowest BCUT2D eigenvalue weighted by Crippen LogP contribution is -2.30. The number of phosphoric acid groups is 2. The summed E-state index contributed by atoms with van der Waals surface area (Å²) < 4.78 is 68.2. The number of aliphatic hydroxyl groups is 1. The van der Waals surface area contributed by atoms with Gasteiger partial charge in [0, 0.05) is 25.7 Å². The number of carbonyl (C=O) groups excluding carboxylic acids is 4. The minimum absolute atomic E-state index is 0.105. The maximum Gasteiger partial charge on any atom is 0.472 e. The van der Waals surface area contributed by atoms with E-state index in [0.717, 1.165) is 108 Å². The maximum atomic E-state index is 13.0. The first-order valence-corrected chi connectivity index (χ1v) is 41.0. The highest BCUT2D eigenvalue weighted by molar-refractivity contribution is 7.47. The number of carbonyl (C=O) groups is 4. The first-order valence-electron chi connectivity index (χ1n) is 38.0. The van der Waals surface area contributed by atoms with E-state index in [4.69, 9.17) is 37.0 Å². The summed E-state index contributed by atoms with van der Waals surface area (Å²) in [7, 11) is -9.90.